The van der Waals surface area contributed by atoms with E-state index in [2.05, 4.69) is 4.98 Å². The Hall–Kier alpha value is -3.38. The minimum absolute atomic E-state index is 0.0387. The molecule has 0 aliphatic rings. The highest BCUT2D eigenvalue weighted by atomic mass is 35.5. The van der Waals surface area contributed by atoms with Crippen molar-refractivity contribution in [1.29, 1.82) is 0 Å². The van der Waals surface area contributed by atoms with Crippen LogP contribution in [0.5, 0.6) is 5.75 Å². The first-order chi connectivity index (χ1) is 19.2. The average Bonchev–Trinajstić information content (AvgIpc) is 3.60. The van der Waals surface area contributed by atoms with Crippen molar-refractivity contribution in [3.63, 3.8) is 0 Å². The molecule has 12 heteroatoms. The summed E-state index contributed by atoms with van der Waals surface area (Å²) in [6.45, 7) is 3.62. The lowest BCUT2D eigenvalue weighted by atomic mass is 10.2. The van der Waals surface area contributed by atoms with Gasteiger partial charge in [-0.1, -0.05) is 29.8 Å². The summed E-state index contributed by atoms with van der Waals surface area (Å²) in [7, 11) is -2.65. The van der Waals surface area contributed by atoms with Crippen molar-refractivity contribution in [3.8, 4) is 16.5 Å². The van der Waals surface area contributed by atoms with Gasteiger partial charge in [-0.25, -0.2) is 4.98 Å². The summed E-state index contributed by atoms with van der Waals surface area (Å²) in [6.07, 6.45) is 0.574. The summed E-state index contributed by atoms with van der Waals surface area (Å²) in [5.74, 6) is 1.35. The molecule has 0 bridgehead atoms. The van der Waals surface area contributed by atoms with E-state index in [0.29, 0.717) is 40.9 Å². The van der Waals surface area contributed by atoms with Crippen LogP contribution in [0.1, 0.15) is 23.9 Å². The number of rotatable bonds is 13. The Bertz CT molecular complexity index is 1500. The van der Waals surface area contributed by atoms with E-state index in [1.165, 1.54) is 7.05 Å². The Kier molecular flexibility index (Phi) is 9.85. The summed E-state index contributed by atoms with van der Waals surface area (Å²) in [5, 5.41) is 2.46. The van der Waals surface area contributed by atoms with Crippen LogP contribution in [0.3, 0.4) is 0 Å². The molecule has 0 aliphatic heterocycles. The Labute approximate surface area is 243 Å². The zero-order chi connectivity index (χ0) is 28.7. The predicted octanol–water partition coefficient (Wildman–Crippen LogP) is 5.73. The molecule has 0 atom stereocenters. The van der Waals surface area contributed by atoms with Crippen LogP contribution in [0.15, 0.2) is 70.5 Å². The number of thiophene rings is 1. The maximum atomic E-state index is 13.5. The monoisotopic (exact) mass is 603 g/mol. The normalized spacial score (nSPS) is 11.5. The highest BCUT2D eigenvalue weighted by molar-refractivity contribution is 7.90. The maximum Gasteiger partial charge on any atom is 0.321 e. The van der Waals surface area contributed by atoms with Crippen LogP contribution in [-0.2, 0) is 32.7 Å². The molecule has 0 spiro atoms. The van der Waals surface area contributed by atoms with Crippen molar-refractivity contribution in [2.45, 2.75) is 26.8 Å². The number of hydrogen-bond acceptors (Lipinski definition) is 8. The number of carbonyl (C=O) groups is 1. The number of aromatic nitrogens is 1. The molecule has 0 saturated carbocycles. The van der Waals surface area contributed by atoms with E-state index in [9.17, 15) is 13.2 Å². The third kappa shape index (κ3) is 7.42. The molecule has 9 nitrogen and oxygen atoms in total. The van der Waals surface area contributed by atoms with Gasteiger partial charge in [-0.15, -0.1) is 11.3 Å². The summed E-state index contributed by atoms with van der Waals surface area (Å²) in [6, 6.07) is 17.4. The average molecular weight is 604 g/mol. The zero-order valence-corrected chi connectivity index (χ0v) is 24.8. The van der Waals surface area contributed by atoms with Crippen LogP contribution in [0, 0.1) is 6.92 Å². The number of ether oxygens (including phenoxy) is 2. The third-order valence-corrected chi connectivity index (χ3v) is 8.91. The molecule has 0 radical (unpaired) electrons. The lowest BCUT2D eigenvalue weighted by Gasteiger charge is -2.28. The number of esters is 1. The first kappa shape index (κ1) is 29.6. The van der Waals surface area contributed by atoms with E-state index in [0.717, 1.165) is 24.9 Å². The Morgan fingerprint density at radius 2 is 1.82 bits per heavy atom. The van der Waals surface area contributed by atoms with Crippen LogP contribution >= 0.6 is 22.9 Å². The number of carbonyl (C=O) groups excluding carboxylic acids is 1. The highest BCUT2D eigenvalue weighted by Gasteiger charge is 2.30. The Morgan fingerprint density at radius 3 is 2.48 bits per heavy atom. The molecule has 40 heavy (non-hydrogen) atoms. The number of hydrogen-bond donors (Lipinski definition) is 0. The summed E-state index contributed by atoms with van der Waals surface area (Å²) in [5.41, 5.74) is 1.93. The minimum Gasteiger partial charge on any atom is -0.493 e. The van der Waals surface area contributed by atoms with E-state index < -0.39 is 22.7 Å². The second-order valence-electron chi connectivity index (χ2n) is 8.77. The van der Waals surface area contributed by atoms with Crippen molar-refractivity contribution >= 4 is 44.8 Å². The molecule has 0 amide bonds. The van der Waals surface area contributed by atoms with E-state index in [-0.39, 0.29) is 13.2 Å². The summed E-state index contributed by atoms with van der Waals surface area (Å²) >= 11 is 7.52. The fourth-order valence-electron chi connectivity index (χ4n) is 3.85. The molecular weight excluding hydrogens is 574 g/mol. The van der Waals surface area contributed by atoms with Crippen LogP contribution in [0.25, 0.3) is 10.8 Å². The standard InChI is InChI=1S/C28H30ClN3O6S2/c1-4-36-27(33)19-32(40(34,35)31(3)23-11-9-22(29)10-12-23)18-21-7-13-24(14-8-21)37-16-15-25-20(2)38-28(30-25)26-6-5-17-39-26/h5-14,17H,4,15-16,18-19H2,1-3H3. The number of nitrogens with zero attached hydrogens (tertiary/aromatic N) is 3. The molecule has 0 N–H and O–H groups in total. The maximum absolute atomic E-state index is 13.5. The first-order valence-corrected chi connectivity index (χ1v) is 15.2. The minimum atomic E-state index is -4.08. The highest BCUT2D eigenvalue weighted by Crippen LogP contribution is 2.26. The third-order valence-electron chi connectivity index (χ3n) is 5.99. The van der Waals surface area contributed by atoms with Gasteiger partial charge in [-0.05, 0) is 67.3 Å². The number of anilines is 1. The number of oxazole rings is 1. The molecule has 4 rings (SSSR count). The molecule has 0 unspecified atom stereocenters. The van der Waals surface area contributed by atoms with Crippen molar-refractivity contribution in [2.75, 3.05) is 31.1 Å². The van der Waals surface area contributed by atoms with Gasteiger partial charge >= 0.3 is 16.2 Å². The molecule has 0 aliphatic carbocycles. The van der Waals surface area contributed by atoms with E-state index in [1.807, 2.05) is 24.4 Å². The van der Waals surface area contributed by atoms with Crippen LogP contribution < -0.4 is 9.04 Å². The van der Waals surface area contributed by atoms with E-state index in [4.69, 9.17) is 25.5 Å². The lowest BCUT2D eigenvalue weighted by molar-refractivity contribution is -0.143. The second kappa shape index (κ2) is 13.3. The summed E-state index contributed by atoms with van der Waals surface area (Å²) in [4.78, 5) is 17.8. The molecule has 212 valence electrons. The first-order valence-electron chi connectivity index (χ1n) is 12.5. The lowest BCUT2D eigenvalue weighted by Crippen LogP contribution is -2.44. The van der Waals surface area contributed by atoms with Crippen LogP contribution in [0.2, 0.25) is 5.02 Å². The van der Waals surface area contributed by atoms with E-state index in [1.54, 1.807) is 66.8 Å². The van der Waals surface area contributed by atoms with Gasteiger partial charge in [0.05, 0.1) is 29.5 Å². The second-order valence-corrected chi connectivity index (χ2v) is 12.1. The topological polar surface area (TPSA) is 102 Å². The zero-order valence-electron chi connectivity index (χ0n) is 22.4. The molecule has 2 aromatic carbocycles. The van der Waals surface area contributed by atoms with E-state index >= 15 is 0 Å². The number of benzene rings is 2. The van der Waals surface area contributed by atoms with Gasteiger partial charge < -0.3 is 13.9 Å². The fourth-order valence-corrected chi connectivity index (χ4v) is 5.94. The molecule has 2 aromatic heterocycles. The van der Waals surface area contributed by atoms with Crippen LogP contribution in [0.4, 0.5) is 5.69 Å². The van der Waals surface area contributed by atoms with Gasteiger partial charge in [-0.2, -0.15) is 12.7 Å². The molecule has 0 saturated heterocycles. The molecule has 0 fully saturated rings. The van der Waals surface area contributed by atoms with Gasteiger partial charge in [0.25, 0.3) is 0 Å². The molecular formula is C28H30ClN3O6S2. The van der Waals surface area contributed by atoms with Gasteiger partial charge in [0.1, 0.15) is 18.1 Å². The van der Waals surface area contributed by atoms with Gasteiger partial charge in [0.15, 0.2) is 0 Å². The Morgan fingerprint density at radius 1 is 1.10 bits per heavy atom. The molecule has 2 heterocycles. The molecule has 4 aromatic rings. The van der Waals surface area contributed by atoms with Crippen molar-refractivity contribution in [2.24, 2.45) is 0 Å². The van der Waals surface area contributed by atoms with Gasteiger partial charge in [-0.3, -0.25) is 9.10 Å². The number of aryl methyl sites for hydroxylation is 1. The predicted molar refractivity (Wildman–Crippen MR) is 156 cm³/mol. The summed E-state index contributed by atoms with van der Waals surface area (Å²) < 4.78 is 45.8. The van der Waals surface area contributed by atoms with Crippen LogP contribution in [-0.4, -0.2) is 50.5 Å². The quantitative estimate of drug-likeness (QED) is 0.180. The fraction of sp³-hybridized carbons (Fsp3) is 0.286. The SMILES string of the molecule is CCOC(=O)CN(Cc1ccc(OCCc2nc(-c3cccs3)oc2C)cc1)S(=O)(=O)N(C)c1ccc(Cl)cc1. The Balaban J connectivity index is 1.41. The van der Waals surface area contributed by atoms with Crippen molar-refractivity contribution in [1.82, 2.24) is 9.29 Å². The smallest absolute Gasteiger partial charge is 0.321 e. The van der Waals surface area contributed by atoms with Crippen molar-refractivity contribution in [3.05, 3.63) is 88.1 Å². The van der Waals surface area contributed by atoms with Gasteiger partial charge in [0, 0.05) is 25.0 Å². The largest absolute Gasteiger partial charge is 0.493 e. The number of halogens is 1. The van der Waals surface area contributed by atoms with Gasteiger partial charge in [0.2, 0.25) is 5.89 Å². The van der Waals surface area contributed by atoms with Crippen molar-refractivity contribution < 1.29 is 27.1 Å².